The molecule has 0 aliphatic rings. The normalized spacial score (nSPS) is 10.3. The van der Waals surface area contributed by atoms with Crippen molar-refractivity contribution in [1.82, 2.24) is 4.98 Å². The topological polar surface area (TPSA) is 68.1 Å². The zero-order chi connectivity index (χ0) is 14.7. The molecule has 0 atom stereocenters. The lowest BCUT2D eigenvalue weighted by Crippen LogP contribution is -2.04. The number of hydrogen-bond donors (Lipinski definition) is 1. The molecule has 0 fully saturated rings. The molecule has 1 heterocycles. The zero-order valence-electron chi connectivity index (χ0n) is 10.6. The number of rotatable bonds is 4. The highest BCUT2D eigenvalue weighted by molar-refractivity contribution is 5.53. The summed E-state index contributed by atoms with van der Waals surface area (Å²) in [6.45, 7) is 2.06. The minimum absolute atomic E-state index is 0.126. The first-order valence-electron chi connectivity index (χ1n) is 5.76. The predicted octanol–water partition coefficient (Wildman–Crippen LogP) is 3.19. The highest BCUT2D eigenvalue weighted by Crippen LogP contribution is 2.25. The van der Waals surface area contributed by atoms with Gasteiger partial charge in [0, 0.05) is 30.6 Å². The van der Waals surface area contributed by atoms with Crippen molar-refractivity contribution in [2.45, 2.75) is 13.5 Å². The van der Waals surface area contributed by atoms with Gasteiger partial charge in [0.25, 0.3) is 0 Å². The molecule has 20 heavy (non-hydrogen) atoms. The average Bonchev–Trinajstić information content (AvgIpc) is 2.39. The third-order valence-electron chi connectivity index (χ3n) is 2.69. The van der Waals surface area contributed by atoms with Crippen molar-refractivity contribution in [3.05, 3.63) is 63.5 Å². The molecule has 7 heteroatoms. The number of halogens is 2. The second kappa shape index (κ2) is 5.60. The second-order valence-electron chi connectivity index (χ2n) is 4.20. The van der Waals surface area contributed by atoms with Gasteiger partial charge in [-0.1, -0.05) is 6.07 Å². The van der Waals surface area contributed by atoms with Gasteiger partial charge in [-0.15, -0.1) is 0 Å². The number of benzene rings is 1. The van der Waals surface area contributed by atoms with Crippen LogP contribution in [-0.4, -0.2) is 9.91 Å². The molecule has 0 amide bonds. The Kier molecular flexibility index (Phi) is 3.88. The fourth-order valence-corrected chi connectivity index (χ4v) is 1.61. The van der Waals surface area contributed by atoms with Gasteiger partial charge in [0.15, 0.2) is 0 Å². The van der Waals surface area contributed by atoms with Crippen LogP contribution in [0, 0.1) is 28.7 Å². The number of nitro groups is 1. The number of aryl methyl sites for hydroxylation is 1. The van der Waals surface area contributed by atoms with Crippen LogP contribution < -0.4 is 5.32 Å². The van der Waals surface area contributed by atoms with Crippen molar-refractivity contribution in [3.8, 4) is 0 Å². The highest BCUT2D eigenvalue weighted by Gasteiger charge is 2.18. The summed E-state index contributed by atoms with van der Waals surface area (Å²) < 4.78 is 26.7. The van der Waals surface area contributed by atoms with Crippen LogP contribution in [0.1, 0.15) is 11.3 Å². The highest BCUT2D eigenvalue weighted by atomic mass is 19.1. The van der Waals surface area contributed by atoms with Gasteiger partial charge >= 0.3 is 5.69 Å². The summed E-state index contributed by atoms with van der Waals surface area (Å²) in [5, 5.41) is 13.3. The van der Waals surface area contributed by atoms with E-state index in [4.69, 9.17) is 0 Å². The summed E-state index contributed by atoms with van der Waals surface area (Å²) in [7, 11) is 0. The Morgan fingerprint density at radius 1 is 1.30 bits per heavy atom. The molecule has 1 aromatic heterocycles. The maximum Gasteiger partial charge on any atom is 0.307 e. The van der Waals surface area contributed by atoms with Crippen molar-refractivity contribution in [2.24, 2.45) is 0 Å². The molecule has 0 saturated heterocycles. The predicted molar refractivity (Wildman–Crippen MR) is 69.3 cm³/mol. The van der Waals surface area contributed by atoms with Crippen molar-refractivity contribution >= 4 is 11.4 Å². The molecule has 0 unspecified atom stereocenters. The minimum atomic E-state index is -1.20. The number of pyridine rings is 1. The molecule has 104 valence electrons. The Balaban J connectivity index is 2.18. The van der Waals surface area contributed by atoms with Gasteiger partial charge in [-0.05, 0) is 18.6 Å². The van der Waals surface area contributed by atoms with E-state index in [9.17, 15) is 18.9 Å². The molecule has 0 aliphatic heterocycles. The maximum atomic E-state index is 13.5. The molecule has 1 aromatic carbocycles. The molecule has 0 aliphatic carbocycles. The molecule has 1 N–H and O–H groups in total. The van der Waals surface area contributed by atoms with Crippen molar-refractivity contribution in [2.75, 3.05) is 5.32 Å². The van der Waals surface area contributed by atoms with Gasteiger partial charge < -0.3 is 5.32 Å². The molecule has 0 radical (unpaired) electrons. The minimum Gasteiger partial charge on any atom is -0.378 e. The van der Waals surface area contributed by atoms with E-state index < -0.39 is 22.2 Å². The molecular formula is C13H11F2N3O2. The summed E-state index contributed by atoms with van der Waals surface area (Å²) in [6.07, 6.45) is 1.61. The molecular weight excluding hydrogens is 268 g/mol. The van der Waals surface area contributed by atoms with E-state index in [0.29, 0.717) is 6.07 Å². The third-order valence-corrected chi connectivity index (χ3v) is 2.69. The lowest BCUT2D eigenvalue weighted by molar-refractivity contribution is -0.387. The van der Waals surface area contributed by atoms with Crippen LogP contribution in [-0.2, 0) is 6.54 Å². The smallest absolute Gasteiger partial charge is 0.307 e. The number of anilines is 1. The molecule has 0 saturated carbocycles. The summed E-state index contributed by atoms with van der Waals surface area (Å²) >= 11 is 0. The summed E-state index contributed by atoms with van der Waals surface area (Å²) in [5.74, 6) is -2.08. The van der Waals surface area contributed by atoms with Crippen LogP contribution in [0.4, 0.5) is 20.2 Å². The number of hydrogen-bond acceptors (Lipinski definition) is 4. The van der Waals surface area contributed by atoms with Gasteiger partial charge in [0.05, 0.1) is 10.6 Å². The fourth-order valence-electron chi connectivity index (χ4n) is 1.61. The fraction of sp³-hybridized carbons (Fsp3) is 0.154. The number of nitrogens with one attached hydrogen (secondary N) is 1. The van der Waals surface area contributed by atoms with Gasteiger partial charge in [0.1, 0.15) is 5.82 Å². The molecule has 0 spiro atoms. The average molecular weight is 279 g/mol. The SMILES string of the molecule is Cc1ccc(CNc2cc([N+](=O)[O-])c(F)cc2F)cn1. The van der Waals surface area contributed by atoms with Gasteiger partial charge in [-0.2, -0.15) is 4.39 Å². The standard InChI is InChI=1S/C13H11F2N3O2/c1-8-2-3-9(6-16-8)7-17-12-5-13(18(19)20)11(15)4-10(12)14/h2-6,17H,7H2,1H3. The van der Waals surface area contributed by atoms with E-state index in [1.54, 1.807) is 18.3 Å². The largest absolute Gasteiger partial charge is 0.378 e. The van der Waals surface area contributed by atoms with Crippen LogP contribution in [0.5, 0.6) is 0 Å². The summed E-state index contributed by atoms with van der Waals surface area (Å²) in [6, 6.07) is 4.92. The Labute approximate surface area is 113 Å². The van der Waals surface area contributed by atoms with E-state index in [0.717, 1.165) is 17.3 Å². The Bertz CT molecular complexity index is 645. The molecule has 0 bridgehead atoms. The number of nitrogens with zero attached hydrogens (tertiary/aromatic N) is 2. The number of nitro benzene ring substituents is 1. The van der Waals surface area contributed by atoms with Crippen LogP contribution in [0.15, 0.2) is 30.5 Å². The zero-order valence-corrected chi connectivity index (χ0v) is 10.6. The van der Waals surface area contributed by atoms with E-state index in [2.05, 4.69) is 10.3 Å². The summed E-state index contributed by atoms with van der Waals surface area (Å²) in [5.41, 5.74) is 0.730. The van der Waals surface area contributed by atoms with Crippen LogP contribution in [0.25, 0.3) is 0 Å². The van der Waals surface area contributed by atoms with E-state index in [1.165, 1.54) is 0 Å². The number of aromatic nitrogens is 1. The first-order valence-corrected chi connectivity index (χ1v) is 5.76. The quantitative estimate of drug-likeness (QED) is 0.689. The first kappa shape index (κ1) is 13.9. The van der Waals surface area contributed by atoms with E-state index in [1.807, 2.05) is 6.92 Å². The molecule has 2 rings (SSSR count). The Morgan fingerprint density at radius 3 is 2.65 bits per heavy atom. The van der Waals surface area contributed by atoms with Gasteiger partial charge in [-0.3, -0.25) is 15.1 Å². The summed E-state index contributed by atoms with van der Waals surface area (Å²) in [4.78, 5) is 13.8. The maximum absolute atomic E-state index is 13.5. The first-order chi connectivity index (χ1) is 9.47. The Morgan fingerprint density at radius 2 is 2.05 bits per heavy atom. The Hall–Kier alpha value is -2.57. The molecule has 5 nitrogen and oxygen atoms in total. The van der Waals surface area contributed by atoms with Crippen LogP contribution >= 0.6 is 0 Å². The lowest BCUT2D eigenvalue weighted by Gasteiger charge is -2.08. The van der Waals surface area contributed by atoms with Crippen LogP contribution in [0.2, 0.25) is 0 Å². The van der Waals surface area contributed by atoms with Gasteiger partial charge in [-0.25, -0.2) is 4.39 Å². The van der Waals surface area contributed by atoms with Crippen molar-refractivity contribution < 1.29 is 13.7 Å². The van der Waals surface area contributed by atoms with Gasteiger partial charge in [0.2, 0.25) is 5.82 Å². The third kappa shape index (κ3) is 3.05. The second-order valence-corrected chi connectivity index (χ2v) is 4.20. The monoisotopic (exact) mass is 279 g/mol. The van der Waals surface area contributed by atoms with Crippen LogP contribution in [0.3, 0.4) is 0 Å². The lowest BCUT2D eigenvalue weighted by atomic mass is 10.2. The van der Waals surface area contributed by atoms with Crippen molar-refractivity contribution in [3.63, 3.8) is 0 Å². The van der Waals surface area contributed by atoms with E-state index >= 15 is 0 Å². The molecule has 2 aromatic rings. The van der Waals surface area contributed by atoms with Crippen molar-refractivity contribution in [1.29, 1.82) is 0 Å². The van der Waals surface area contributed by atoms with E-state index in [-0.39, 0.29) is 12.2 Å².